The maximum Gasteiger partial charge on any atom is 0 e. The topological polar surface area (TPSA) is 17.1 Å². The average molecular weight is 493 g/mol. The molecule has 0 amide bonds. The SMILES string of the molecule is [Co].[O]=[Th].[Re]. The van der Waals surface area contributed by atoms with Gasteiger partial charge < -0.3 is 0 Å². The Kier molecular flexibility index (Phi) is 75.4. The molecule has 0 atom stereocenters. The third-order valence-electron chi connectivity index (χ3n) is 0. The van der Waals surface area contributed by atoms with E-state index in [-0.39, 0.29) is 75.2 Å². The van der Waals surface area contributed by atoms with Crippen LogP contribution in [0.3, 0.4) is 0 Å². The van der Waals surface area contributed by atoms with Crippen molar-refractivity contribution in [3.63, 3.8) is 0 Å². The maximum atomic E-state index is 8.42. The number of hydrogen-bond acceptors (Lipinski definition) is 1. The summed E-state index contributed by atoms with van der Waals surface area (Å²) in [5.74, 6) is 0. The smallest absolute Gasteiger partial charge is 0 e. The Labute approximate surface area is 74.9 Å². The van der Waals surface area contributed by atoms with Gasteiger partial charge in [0.05, 0.1) is 0 Å². The summed E-state index contributed by atoms with van der Waals surface area (Å²) in [6, 6.07) is 0. The summed E-state index contributed by atoms with van der Waals surface area (Å²) in [7, 11) is 0. The normalized spacial score (nSPS) is 1.50. The predicted octanol–water partition coefficient (Wildman–Crippen LogP) is -0.124. The van der Waals surface area contributed by atoms with Crippen molar-refractivity contribution in [2.45, 2.75) is 0 Å². The molecule has 0 aromatic heterocycles. The molecule has 1 nitrogen and oxygen atoms in total. The fourth-order valence-corrected chi connectivity index (χ4v) is 0. The van der Waals surface area contributed by atoms with Crippen LogP contribution in [0.1, 0.15) is 0 Å². The van der Waals surface area contributed by atoms with Crippen molar-refractivity contribution in [2.75, 3.05) is 0 Å². The third-order valence-corrected chi connectivity index (χ3v) is 0. The van der Waals surface area contributed by atoms with Crippen LogP contribution in [0.2, 0.25) is 0 Å². The van der Waals surface area contributed by atoms with Crippen molar-refractivity contribution in [2.24, 2.45) is 0 Å². The van der Waals surface area contributed by atoms with Crippen molar-refractivity contribution < 1.29 is 76.4 Å². The quantitative estimate of drug-likeness (QED) is 0.460. The monoisotopic (exact) mass is 494 g/mol. The summed E-state index contributed by atoms with van der Waals surface area (Å²) in [4.78, 5) is 0. The van der Waals surface area contributed by atoms with Crippen molar-refractivity contribution in [3.8, 4) is 0 Å². The van der Waals surface area contributed by atoms with E-state index >= 15 is 0 Å². The second-order valence-corrected chi connectivity index (χ2v) is 0. The van der Waals surface area contributed by atoms with Gasteiger partial charge in [0.1, 0.15) is 0 Å². The fourth-order valence-electron chi connectivity index (χ4n) is 0. The second kappa shape index (κ2) is 18.6. The van der Waals surface area contributed by atoms with Gasteiger partial charge in [-0.2, -0.15) is 0 Å². The van der Waals surface area contributed by atoms with E-state index in [0.29, 0.717) is 0 Å². The molecule has 0 fully saturated rings. The molecular weight excluding hydrogens is 493 g/mol. The number of hydrogen-bond donors (Lipinski definition) is 0. The summed E-state index contributed by atoms with van der Waals surface area (Å²) in [6.45, 7) is 0. The van der Waals surface area contributed by atoms with E-state index in [1.807, 2.05) is 0 Å². The van der Waals surface area contributed by atoms with Crippen LogP contribution >= 0.6 is 0 Å². The Morgan fingerprint density at radius 1 is 1.25 bits per heavy atom. The molecule has 0 heterocycles. The minimum atomic E-state index is -0.0918. The van der Waals surface area contributed by atoms with Gasteiger partial charge in [-0.15, -0.1) is 0 Å². The van der Waals surface area contributed by atoms with Gasteiger partial charge >= 0.3 is 39.2 Å². The summed E-state index contributed by atoms with van der Waals surface area (Å²) in [6.07, 6.45) is 0. The molecule has 0 aromatic rings. The van der Waals surface area contributed by atoms with E-state index in [0.717, 1.165) is 0 Å². The third kappa shape index (κ3) is 8.85. The standard InChI is InChI=1S/Co.O.Re.Th. The van der Waals surface area contributed by atoms with Crippen LogP contribution in [0.15, 0.2) is 0 Å². The first-order valence-corrected chi connectivity index (χ1v) is 1.88. The van der Waals surface area contributed by atoms with E-state index in [1.165, 1.54) is 0 Å². The molecule has 26 valence electrons. The Balaban J connectivity index is -0.00000000500. The number of rotatable bonds is 0. The molecule has 0 unspecified atom stereocenters. The first-order valence-electron chi connectivity index (χ1n) is 0.204. The molecule has 2 radical (unpaired) electrons. The molecule has 0 spiro atoms. The average Bonchev–Trinajstić information content (AvgIpc) is 1.00. The predicted molar refractivity (Wildman–Crippen MR) is 0.686 cm³/mol. The van der Waals surface area contributed by atoms with Gasteiger partial charge in [-0.3, -0.25) is 0 Å². The Morgan fingerprint density at radius 3 is 1.25 bits per heavy atom. The van der Waals surface area contributed by atoms with Crippen LogP contribution in [-0.4, -0.2) is 0 Å². The minimum absolute atomic E-state index is 0. The molecule has 4 heteroatoms. The zero-order chi connectivity index (χ0) is 2.00. The molecule has 0 bridgehead atoms. The van der Waals surface area contributed by atoms with Gasteiger partial charge in [0.25, 0.3) is 0 Å². The zero-order valence-electron chi connectivity index (χ0n) is 1.62. The molecule has 0 aliphatic carbocycles. The summed E-state index contributed by atoms with van der Waals surface area (Å²) in [5, 5.41) is 0. The zero-order valence-corrected chi connectivity index (χ0v) is 9.49. The molecule has 0 aliphatic heterocycles. The van der Waals surface area contributed by atoms with E-state index in [2.05, 4.69) is 0 Å². The van der Waals surface area contributed by atoms with Crippen molar-refractivity contribution >= 4 is 0 Å². The van der Waals surface area contributed by atoms with E-state index < -0.39 is 0 Å². The summed E-state index contributed by atoms with van der Waals surface area (Å²) >= 11 is -0.0918. The van der Waals surface area contributed by atoms with Gasteiger partial charge in [-0.05, 0) is 0 Å². The molecule has 0 aliphatic rings. The minimum Gasteiger partial charge on any atom is 0 e. The summed E-state index contributed by atoms with van der Waals surface area (Å²) < 4.78 is 8.42. The molecule has 0 rings (SSSR count). The van der Waals surface area contributed by atoms with Crippen LogP contribution in [0.25, 0.3) is 0 Å². The molecule has 4 heavy (non-hydrogen) atoms. The molecule has 0 aromatic carbocycles. The first-order chi connectivity index (χ1) is 1.00. The molecule has 0 saturated carbocycles. The maximum absolute atomic E-state index is 8.42. The van der Waals surface area contributed by atoms with E-state index in [9.17, 15) is 0 Å². The van der Waals surface area contributed by atoms with Crippen LogP contribution in [0, 0.1) is 38.0 Å². The van der Waals surface area contributed by atoms with E-state index in [1.54, 1.807) is 0 Å². The van der Waals surface area contributed by atoms with Gasteiger partial charge in [0, 0.05) is 37.2 Å². The first kappa shape index (κ1) is 16.3. The van der Waals surface area contributed by atoms with Gasteiger partial charge in [-0.25, -0.2) is 0 Å². The second-order valence-electron chi connectivity index (χ2n) is 0. The van der Waals surface area contributed by atoms with Crippen LogP contribution in [0.4, 0.5) is 0 Å². The molecule has 0 N–H and O–H groups in total. The Morgan fingerprint density at radius 2 is 1.25 bits per heavy atom. The summed E-state index contributed by atoms with van der Waals surface area (Å²) in [5.41, 5.74) is 0. The molecule has 0 saturated heterocycles. The van der Waals surface area contributed by atoms with Crippen LogP contribution in [-0.2, 0) is 38.4 Å². The Bertz CT molecular complexity index is 8.00. The van der Waals surface area contributed by atoms with Gasteiger partial charge in [0.15, 0.2) is 0 Å². The van der Waals surface area contributed by atoms with Crippen LogP contribution in [0.5, 0.6) is 0 Å². The van der Waals surface area contributed by atoms with Crippen LogP contribution < -0.4 is 0 Å². The molecular formula is CoOReTh. The van der Waals surface area contributed by atoms with E-state index in [4.69, 9.17) is 1.16 Å². The largest absolute Gasteiger partial charge is 0 e. The van der Waals surface area contributed by atoms with Crippen molar-refractivity contribution in [1.82, 2.24) is 0 Å². The fraction of sp³-hybridized carbons (Fsp3) is 0. The van der Waals surface area contributed by atoms with Gasteiger partial charge in [0.2, 0.25) is 0 Å². The van der Waals surface area contributed by atoms with Crippen molar-refractivity contribution in [3.05, 3.63) is 0 Å². The van der Waals surface area contributed by atoms with Gasteiger partial charge in [-0.1, -0.05) is 0 Å². The van der Waals surface area contributed by atoms with Crippen molar-refractivity contribution in [1.29, 1.82) is 0 Å². The Hall–Kier alpha value is 2.29.